The third-order valence-corrected chi connectivity index (χ3v) is 3.71. The molecule has 1 aromatic carbocycles. The lowest BCUT2D eigenvalue weighted by Crippen LogP contribution is -2.31. The highest BCUT2D eigenvalue weighted by Gasteiger charge is 2.17. The highest BCUT2D eigenvalue weighted by molar-refractivity contribution is 5.90. The molecule has 0 bridgehead atoms. The topological polar surface area (TPSA) is 67.6 Å². The molecule has 1 saturated heterocycles. The monoisotopic (exact) mass is 291 g/mol. The Kier molecular flexibility index (Phi) is 6.17. The number of benzene rings is 1. The SMILES string of the molecule is CN(CCC(=O)Nc1cccc(CN)c1)CC1CCCO1. The van der Waals surface area contributed by atoms with Crippen molar-refractivity contribution in [1.29, 1.82) is 0 Å². The minimum Gasteiger partial charge on any atom is -0.377 e. The first kappa shape index (κ1) is 15.9. The van der Waals surface area contributed by atoms with Crippen LogP contribution in [0.5, 0.6) is 0 Å². The second-order valence-corrected chi connectivity index (χ2v) is 5.60. The number of hydrogen-bond donors (Lipinski definition) is 2. The summed E-state index contributed by atoms with van der Waals surface area (Å²) in [6.07, 6.45) is 3.09. The van der Waals surface area contributed by atoms with Crippen LogP contribution < -0.4 is 11.1 Å². The lowest BCUT2D eigenvalue weighted by Gasteiger charge is -2.20. The number of nitrogens with two attached hydrogens (primary N) is 1. The maximum atomic E-state index is 12.0. The number of hydrogen-bond acceptors (Lipinski definition) is 4. The Morgan fingerprint density at radius 2 is 2.38 bits per heavy atom. The van der Waals surface area contributed by atoms with E-state index in [0.717, 1.165) is 43.8 Å². The molecule has 2 rings (SSSR count). The number of amides is 1. The Labute approximate surface area is 126 Å². The van der Waals surface area contributed by atoms with Gasteiger partial charge in [-0.25, -0.2) is 0 Å². The van der Waals surface area contributed by atoms with Crippen molar-refractivity contribution in [3.63, 3.8) is 0 Å². The molecular formula is C16H25N3O2. The van der Waals surface area contributed by atoms with Gasteiger partial charge in [-0.05, 0) is 37.6 Å². The van der Waals surface area contributed by atoms with Gasteiger partial charge < -0.3 is 20.7 Å². The first-order chi connectivity index (χ1) is 10.2. The summed E-state index contributed by atoms with van der Waals surface area (Å²) < 4.78 is 5.60. The van der Waals surface area contributed by atoms with Crippen LogP contribution in [-0.4, -0.2) is 43.7 Å². The fourth-order valence-corrected chi connectivity index (χ4v) is 2.52. The van der Waals surface area contributed by atoms with Gasteiger partial charge >= 0.3 is 0 Å². The van der Waals surface area contributed by atoms with Gasteiger partial charge in [-0.3, -0.25) is 4.79 Å². The quantitative estimate of drug-likeness (QED) is 0.800. The first-order valence-electron chi connectivity index (χ1n) is 7.56. The van der Waals surface area contributed by atoms with Crippen molar-refractivity contribution in [2.45, 2.75) is 31.9 Å². The lowest BCUT2D eigenvalue weighted by molar-refractivity contribution is -0.116. The van der Waals surface area contributed by atoms with E-state index in [1.165, 1.54) is 0 Å². The molecule has 1 aliphatic rings. The molecule has 5 nitrogen and oxygen atoms in total. The highest BCUT2D eigenvalue weighted by Crippen LogP contribution is 2.13. The fraction of sp³-hybridized carbons (Fsp3) is 0.562. The molecule has 1 amide bonds. The molecule has 3 N–H and O–H groups in total. The second kappa shape index (κ2) is 8.12. The molecule has 0 spiro atoms. The number of likely N-dealkylation sites (N-methyl/N-ethyl adjacent to an activating group) is 1. The average Bonchev–Trinajstić information content (AvgIpc) is 2.98. The van der Waals surface area contributed by atoms with Gasteiger partial charge in [0.15, 0.2) is 0 Å². The second-order valence-electron chi connectivity index (χ2n) is 5.60. The molecule has 21 heavy (non-hydrogen) atoms. The summed E-state index contributed by atoms with van der Waals surface area (Å²) in [6.45, 7) is 2.99. The molecule has 0 aliphatic carbocycles. The van der Waals surface area contributed by atoms with Crippen LogP contribution in [0.15, 0.2) is 24.3 Å². The predicted octanol–water partition coefficient (Wildman–Crippen LogP) is 1.58. The summed E-state index contributed by atoms with van der Waals surface area (Å²) in [5, 5.41) is 2.91. The van der Waals surface area contributed by atoms with Crippen LogP contribution in [-0.2, 0) is 16.1 Å². The molecule has 1 aliphatic heterocycles. The van der Waals surface area contributed by atoms with E-state index in [4.69, 9.17) is 10.5 Å². The first-order valence-corrected chi connectivity index (χ1v) is 7.56. The van der Waals surface area contributed by atoms with Crippen molar-refractivity contribution in [2.24, 2.45) is 5.73 Å². The number of anilines is 1. The van der Waals surface area contributed by atoms with Gasteiger partial charge in [0.1, 0.15) is 0 Å². The Morgan fingerprint density at radius 1 is 1.52 bits per heavy atom. The minimum atomic E-state index is 0.0309. The molecule has 116 valence electrons. The molecule has 1 heterocycles. The van der Waals surface area contributed by atoms with Gasteiger partial charge in [0.05, 0.1) is 6.10 Å². The van der Waals surface area contributed by atoms with E-state index in [-0.39, 0.29) is 5.91 Å². The summed E-state index contributed by atoms with van der Waals surface area (Å²) in [6, 6.07) is 7.65. The number of carbonyl (C=O) groups is 1. The minimum absolute atomic E-state index is 0.0309. The van der Waals surface area contributed by atoms with E-state index >= 15 is 0 Å². The third kappa shape index (κ3) is 5.46. The lowest BCUT2D eigenvalue weighted by atomic mass is 10.2. The van der Waals surface area contributed by atoms with Gasteiger partial charge in [0, 0.05) is 38.3 Å². The summed E-state index contributed by atoms with van der Waals surface area (Å²) in [7, 11) is 2.03. The molecule has 1 atom stereocenters. The van der Waals surface area contributed by atoms with Crippen LogP contribution in [0, 0.1) is 0 Å². The van der Waals surface area contributed by atoms with E-state index in [9.17, 15) is 4.79 Å². The molecule has 5 heteroatoms. The number of rotatable bonds is 7. The van der Waals surface area contributed by atoms with Crippen LogP contribution in [0.4, 0.5) is 5.69 Å². The van der Waals surface area contributed by atoms with Crippen LogP contribution in [0.1, 0.15) is 24.8 Å². The Bertz CT molecular complexity index is 459. The molecule has 0 radical (unpaired) electrons. The van der Waals surface area contributed by atoms with Gasteiger partial charge in [0.25, 0.3) is 0 Å². The van der Waals surface area contributed by atoms with E-state index in [1.54, 1.807) is 0 Å². The summed E-state index contributed by atoms with van der Waals surface area (Å²) in [5.41, 5.74) is 7.42. The van der Waals surface area contributed by atoms with Crippen LogP contribution >= 0.6 is 0 Å². The van der Waals surface area contributed by atoms with Crippen LogP contribution in [0.3, 0.4) is 0 Å². The van der Waals surface area contributed by atoms with Crippen molar-refractivity contribution in [3.05, 3.63) is 29.8 Å². The largest absolute Gasteiger partial charge is 0.377 e. The highest BCUT2D eigenvalue weighted by atomic mass is 16.5. The summed E-state index contributed by atoms with van der Waals surface area (Å²) in [5.74, 6) is 0.0309. The van der Waals surface area contributed by atoms with Gasteiger partial charge in [0.2, 0.25) is 5.91 Å². The maximum absolute atomic E-state index is 12.0. The van der Waals surface area contributed by atoms with E-state index in [2.05, 4.69) is 10.2 Å². The van der Waals surface area contributed by atoms with Crippen molar-refractivity contribution >= 4 is 11.6 Å². The van der Waals surface area contributed by atoms with Crippen LogP contribution in [0.25, 0.3) is 0 Å². The van der Waals surface area contributed by atoms with Crippen molar-refractivity contribution < 1.29 is 9.53 Å². The average molecular weight is 291 g/mol. The molecule has 1 unspecified atom stereocenters. The number of nitrogens with zero attached hydrogens (tertiary/aromatic N) is 1. The van der Waals surface area contributed by atoms with Crippen LogP contribution in [0.2, 0.25) is 0 Å². The van der Waals surface area contributed by atoms with Crippen molar-refractivity contribution in [2.75, 3.05) is 32.1 Å². The predicted molar refractivity (Wildman–Crippen MR) is 84.1 cm³/mol. The molecule has 0 saturated carbocycles. The summed E-state index contributed by atoms with van der Waals surface area (Å²) in [4.78, 5) is 14.1. The Balaban J connectivity index is 1.71. The van der Waals surface area contributed by atoms with E-state index < -0.39 is 0 Å². The maximum Gasteiger partial charge on any atom is 0.225 e. The number of ether oxygens (including phenoxy) is 1. The molecular weight excluding hydrogens is 266 g/mol. The zero-order chi connectivity index (χ0) is 15.1. The van der Waals surface area contributed by atoms with Gasteiger partial charge in [-0.2, -0.15) is 0 Å². The van der Waals surface area contributed by atoms with E-state index in [0.29, 0.717) is 19.1 Å². The van der Waals surface area contributed by atoms with Crippen molar-refractivity contribution in [3.8, 4) is 0 Å². The Morgan fingerprint density at radius 3 is 3.10 bits per heavy atom. The summed E-state index contributed by atoms with van der Waals surface area (Å²) >= 11 is 0. The van der Waals surface area contributed by atoms with Gasteiger partial charge in [-0.15, -0.1) is 0 Å². The normalized spacial score (nSPS) is 18.1. The van der Waals surface area contributed by atoms with Gasteiger partial charge in [-0.1, -0.05) is 12.1 Å². The molecule has 1 fully saturated rings. The zero-order valence-corrected chi connectivity index (χ0v) is 12.7. The number of carbonyl (C=O) groups excluding carboxylic acids is 1. The number of nitrogens with one attached hydrogen (secondary N) is 1. The van der Waals surface area contributed by atoms with Crippen molar-refractivity contribution in [1.82, 2.24) is 4.90 Å². The fourth-order valence-electron chi connectivity index (χ4n) is 2.52. The Hall–Kier alpha value is -1.43. The smallest absolute Gasteiger partial charge is 0.225 e. The zero-order valence-electron chi connectivity index (χ0n) is 12.7. The third-order valence-electron chi connectivity index (χ3n) is 3.71. The molecule has 1 aromatic rings. The molecule has 0 aromatic heterocycles. The standard InChI is InChI=1S/C16H25N3O2/c1-19(12-15-6-3-9-21-15)8-7-16(20)18-14-5-2-4-13(10-14)11-17/h2,4-5,10,15H,3,6-9,11-12,17H2,1H3,(H,18,20). The van der Waals surface area contributed by atoms with E-state index in [1.807, 2.05) is 31.3 Å².